The lowest BCUT2D eigenvalue weighted by atomic mass is 10.1. The van der Waals surface area contributed by atoms with Crippen LogP contribution in [0.4, 0.5) is 4.39 Å². The second-order valence-corrected chi connectivity index (χ2v) is 6.93. The van der Waals surface area contributed by atoms with Gasteiger partial charge in [-0.1, -0.05) is 0 Å². The highest BCUT2D eigenvalue weighted by molar-refractivity contribution is 5.94. The van der Waals surface area contributed by atoms with Crippen LogP contribution < -0.4 is 0 Å². The van der Waals surface area contributed by atoms with E-state index >= 15 is 0 Å². The van der Waals surface area contributed by atoms with Crippen LogP contribution in [0.1, 0.15) is 23.2 Å². The van der Waals surface area contributed by atoms with Crippen molar-refractivity contribution in [2.45, 2.75) is 24.3 Å². The summed E-state index contributed by atoms with van der Waals surface area (Å²) in [5, 5.41) is 4.02. The van der Waals surface area contributed by atoms with Crippen molar-refractivity contribution < 1.29 is 23.5 Å². The van der Waals surface area contributed by atoms with E-state index in [1.54, 1.807) is 22.8 Å². The molecule has 2 saturated heterocycles. The summed E-state index contributed by atoms with van der Waals surface area (Å²) in [5.74, 6) is -1.74. The Morgan fingerprint density at radius 2 is 1.80 bits per heavy atom. The fraction of sp³-hybridized carbons (Fsp3) is 0.688. The van der Waals surface area contributed by atoms with Crippen molar-refractivity contribution in [3.05, 3.63) is 18.0 Å². The molecule has 25 heavy (non-hydrogen) atoms. The summed E-state index contributed by atoms with van der Waals surface area (Å²) in [7, 11) is 1.75. The smallest absolute Gasteiger partial charge is 0.260 e. The van der Waals surface area contributed by atoms with Gasteiger partial charge in [0.15, 0.2) is 5.67 Å². The Bertz CT molecular complexity index is 700. The predicted octanol–water partition coefficient (Wildman–Crippen LogP) is -0.0503. The Hall–Kier alpha value is -2.00. The number of hydrogen-bond donors (Lipinski definition) is 0. The molecule has 8 nitrogen and oxygen atoms in total. The first-order valence-electron chi connectivity index (χ1n) is 8.45. The van der Waals surface area contributed by atoms with Crippen LogP contribution in [0.2, 0.25) is 0 Å². The molecule has 1 atom stereocenters. The zero-order valence-electron chi connectivity index (χ0n) is 14.1. The monoisotopic (exact) mass is 352 g/mol. The summed E-state index contributed by atoms with van der Waals surface area (Å²) >= 11 is 0. The number of rotatable bonds is 2. The Morgan fingerprint density at radius 3 is 2.40 bits per heavy atom. The lowest BCUT2D eigenvalue weighted by Gasteiger charge is -2.47. The maximum absolute atomic E-state index is 14.1. The maximum atomic E-state index is 14.1. The van der Waals surface area contributed by atoms with Gasteiger partial charge in [-0.25, -0.2) is 4.39 Å². The lowest BCUT2D eigenvalue weighted by Crippen LogP contribution is -2.64. The van der Waals surface area contributed by atoms with Gasteiger partial charge in [0.2, 0.25) is 5.79 Å². The minimum Gasteiger partial charge on any atom is -0.345 e. The highest BCUT2D eigenvalue weighted by Gasteiger charge is 2.55. The average Bonchev–Trinajstić information content (AvgIpc) is 3.21. The second-order valence-electron chi connectivity index (χ2n) is 6.93. The fourth-order valence-corrected chi connectivity index (χ4v) is 3.37. The molecule has 1 saturated carbocycles. The highest BCUT2D eigenvalue weighted by atomic mass is 19.1. The number of carbonyl (C=O) groups is 2. The van der Waals surface area contributed by atoms with Crippen LogP contribution in [0.15, 0.2) is 12.4 Å². The molecule has 0 N–H and O–H groups in total. The molecular weight excluding hydrogens is 331 g/mol. The number of carbonyl (C=O) groups excluding carboxylic acids is 2. The normalized spacial score (nSPS) is 28.2. The average molecular weight is 352 g/mol. The third-order valence-corrected chi connectivity index (χ3v) is 4.91. The first kappa shape index (κ1) is 16.5. The van der Waals surface area contributed by atoms with E-state index in [-0.39, 0.29) is 38.4 Å². The van der Waals surface area contributed by atoms with Crippen molar-refractivity contribution in [3.8, 4) is 0 Å². The van der Waals surface area contributed by atoms with E-state index in [0.29, 0.717) is 25.3 Å². The number of alkyl halides is 1. The van der Waals surface area contributed by atoms with Gasteiger partial charge in [-0.3, -0.25) is 14.3 Å². The Balaban J connectivity index is 1.47. The van der Waals surface area contributed by atoms with Crippen LogP contribution in [-0.2, 0) is 21.3 Å². The predicted molar refractivity (Wildman–Crippen MR) is 83.4 cm³/mol. The van der Waals surface area contributed by atoms with E-state index in [2.05, 4.69) is 5.10 Å². The molecule has 3 aliphatic rings. The van der Waals surface area contributed by atoms with Gasteiger partial charge in [0, 0.05) is 26.3 Å². The second kappa shape index (κ2) is 5.77. The molecule has 1 unspecified atom stereocenters. The van der Waals surface area contributed by atoms with E-state index < -0.39 is 17.4 Å². The number of morpholine rings is 2. The summed E-state index contributed by atoms with van der Waals surface area (Å²) in [5.41, 5.74) is -1.22. The molecule has 1 aromatic heterocycles. The molecule has 3 fully saturated rings. The molecule has 0 aromatic carbocycles. The quantitative estimate of drug-likeness (QED) is 0.746. The highest BCUT2D eigenvalue weighted by Crippen LogP contribution is 2.42. The summed E-state index contributed by atoms with van der Waals surface area (Å²) in [6.07, 6.45) is 3.73. The molecule has 1 aliphatic carbocycles. The maximum Gasteiger partial charge on any atom is 0.260 e. The van der Waals surface area contributed by atoms with Gasteiger partial charge >= 0.3 is 0 Å². The van der Waals surface area contributed by atoms with Crippen LogP contribution >= 0.6 is 0 Å². The van der Waals surface area contributed by atoms with E-state index in [9.17, 15) is 14.0 Å². The molecule has 3 heterocycles. The topological polar surface area (TPSA) is 76.9 Å². The number of hydrogen-bond acceptors (Lipinski definition) is 5. The fourth-order valence-electron chi connectivity index (χ4n) is 3.37. The van der Waals surface area contributed by atoms with Crippen molar-refractivity contribution >= 4 is 11.8 Å². The lowest BCUT2D eigenvalue weighted by molar-refractivity contribution is -0.285. The SMILES string of the molecule is Cn1cc(C(=O)N2CCOC3(C2)CN(C(=O)C2(F)CC2)CCO3)cn1. The van der Waals surface area contributed by atoms with Crippen molar-refractivity contribution in [3.63, 3.8) is 0 Å². The minimum atomic E-state index is -1.71. The summed E-state index contributed by atoms with van der Waals surface area (Å²) in [4.78, 5) is 28.0. The Labute approximate surface area is 144 Å². The zero-order valence-corrected chi connectivity index (χ0v) is 14.1. The molecular formula is C16H21FN4O4. The zero-order chi connectivity index (χ0) is 17.7. The molecule has 2 aliphatic heterocycles. The van der Waals surface area contributed by atoms with Gasteiger partial charge in [0.1, 0.15) is 0 Å². The Morgan fingerprint density at radius 1 is 1.16 bits per heavy atom. The number of amides is 2. The van der Waals surface area contributed by atoms with Gasteiger partial charge in [0.05, 0.1) is 38.1 Å². The molecule has 1 spiro atoms. The molecule has 0 bridgehead atoms. The largest absolute Gasteiger partial charge is 0.345 e. The van der Waals surface area contributed by atoms with Crippen LogP contribution in [0.25, 0.3) is 0 Å². The van der Waals surface area contributed by atoms with Gasteiger partial charge in [-0.15, -0.1) is 0 Å². The van der Waals surface area contributed by atoms with Crippen LogP contribution in [0.5, 0.6) is 0 Å². The Kier molecular flexibility index (Phi) is 3.80. The first-order chi connectivity index (χ1) is 11.9. The molecule has 2 amide bonds. The molecule has 0 radical (unpaired) electrons. The molecule has 136 valence electrons. The van der Waals surface area contributed by atoms with Gasteiger partial charge in [0.25, 0.3) is 11.8 Å². The third-order valence-electron chi connectivity index (χ3n) is 4.91. The third kappa shape index (κ3) is 3.02. The number of aromatic nitrogens is 2. The van der Waals surface area contributed by atoms with Crippen molar-refractivity contribution in [1.82, 2.24) is 19.6 Å². The number of nitrogens with zero attached hydrogens (tertiary/aromatic N) is 4. The number of ether oxygens (including phenoxy) is 2. The minimum absolute atomic E-state index is 0.133. The number of aryl methyl sites for hydroxylation is 1. The summed E-state index contributed by atoms with van der Waals surface area (Å²) in [6.45, 7) is 1.66. The van der Waals surface area contributed by atoms with E-state index in [1.807, 2.05) is 0 Å². The van der Waals surface area contributed by atoms with Gasteiger partial charge in [-0.2, -0.15) is 5.10 Å². The first-order valence-corrected chi connectivity index (χ1v) is 8.45. The summed E-state index contributed by atoms with van der Waals surface area (Å²) < 4.78 is 27.3. The van der Waals surface area contributed by atoms with Gasteiger partial charge in [-0.05, 0) is 12.8 Å². The van der Waals surface area contributed by atoms with Crippen molar-refractivity contribution in [2.24, 2.45) is 7.05 Å². The molecule has 4 rings (SSSR count). The van der Waals surface area contributed by atoms with Crippen LogP contribution in [0, 0.1) is 0 Å². The van der Waals surface area contributed by atoms with E-state index in [4.69, 9.17) is 9.47 Å². The van der Waals surface area contributed by atoms with Crippen LogP contribution in [-0.4, -0.2) is 82.2 Å². The standard InChI is InChI=1S/C16H21FN4O4/c1-19-9-12(8-18-19)13(22)20-4-6-24-16(10-20)11-21(5-7-25-16)14(23)15(17)2-3-15/h8-9H,2-7,10-11H2,1H3. The van der Waals surface area contributed by atoms with E-state index in [1.165, 1.54) is 11.1 Å². The number of halogens is 1. The van der Waals surface area contributed by atoms with Crippen molar-refractivity contribution in [1.29, 1.82) is 0 Å². The van der Waals surface area contributed by atoms with E-state index in [0.717, 1.165) is 0 Å². The summed E-state index contributed by atoms with van der Waals surface area (Å²) in [6, 6.07) is 0. The van der Waals surface area contributed by atoms with Crippen molar-refractivity contribution in [2.75, 3.05) is 39.4 Å². The van der Waals surface area contributed by atoms with Gasteiger partial charge < -0.3 is 19.3 Å². The van der Waals surface area contributed by atoms with Crippen LogP contribution in [0.3, 0.4) is 0 Å². The molecule has 9 heteroatoms. The molecule has 1 aromatic rings.